The second-order valence-corrected chi connectivity index (χ2v) is 39.8. The fraction of sp³-hybridized carbons (Fsp3) is 0.436. The van der Waals surface area contributed by atoms with Gasteiger partial charge in [-0.15, -0.1) is 30.6 Å². The SMILES string of the molecule is CCC(NC(=O)c1cc(NS(=O)Oc2cc(C(=O)N3CCOCC3)cc(C(=O)N3CCOCC3)c2)ccc1C)c1nnc2cc(C(C)(C)C)[nH]n12.CCCCCCOC(=O)c1cc(Nc2ccc(C)c(C(=O)NC(C)c3nnc4cc(C(C)(C)C)[nH]n34)c2)cc(C(=O)OCCCCCC)c1.COC(=O)c1cc(OS(=O)Nc2ccc(C)c(C(=O)NC(C)c3nnc4cc(C(C)(C)C)[nH]n34)c2)cc(C(=O)OC)c1.O=S=O. The summed E-state index contributed by atoms with van der Waals surface area (Å²) in [5, 5.41) is 48.0. The highest BCUT2D eigenvalue weighted by Gasteiger charge is 2.32. The van der Waals surface area contributed by atoms with E-state index in [0.29, 0.717) is 157 Å². The minimum atomic E-state index is -2.16. The molecule has 44 heteroatoms. The van der Waals surface area contributed by atoms with Crippen molar-refractivity contribution in [1.82, 2.24) is 85.2 Å². The van der Waals surface area contributed by atoms with Gasteiger partial charge >= 0.3 is 58.0 Å². The largest absolute Gasteiger partial charge is 0.465 e. The van der Waals surface area contributed by atoms with Crippen LogP contribution < -0.4 is 39.1 Å². The lowest BCUT2D eigenvalue weighted by Crippen LogP contribution is -2.41. The maximum absolute atomic E-state index is 13.6. The first kappa shape index (κ1) is 111. The van der Waals surface area contributed by atoms with Crippen molar-refractivity contribution < 1.29 is 96.8 Å². The van der Waals surface area contributed by atoms with Crippen molar-refractivity contribution in [1.29, 1.82) is 0 Å². The number of morpholine rings is 2. The van der Waals surface area contributed by atoms with Crippen molar-refractivity contribution in [3.05, 3.63) is 229 Å². The van der Waals surface area contributed by atoms with Crippen LogP contribution in [0.25, 0.3) is 16.9 Å². The van der Waals surface area contributed by atoms with Gasteiger partial charge in [-0.05, 0) is 162 Å². The number of ether oxygens (including phenoxy) is 6. The summed E-state index contributed by atoms with van der Waals surface area (Å²) in [4.78, 5) is 121. The quantitative estimate of drug-likeness (QED) is 0.0100. The number of unbranched alkanes of at least 4 members (excludes halogenated alkanes) is 6. The van der Waals surface area contributed by atoms with Crippen LogP contribution in [-0.2, 0) is 78.8 Å². The molecule has 2 fully saturated rings. The molecule has 0 aliphatic carbocycles. The van der Waals surface area contributed by atoms with Gasteiger partial charge in [0.25, 0.3) is 29.5 Å². The summed E-state index contributed by atoms with van der Waals surface area (Å²) in [5.74, 6) is -2.25. The second-order valence-electron chi connectivity index (χ2n) is 37.9. The number of rotatable bonds is 36. The van der Waals surface area contributed by atoms with Gasteiger partial charge in [0, 0.05) is 117 Å². The smallest absolute Gasteiger partial charge is 0.338 e. The van der Waals surface area contributed by atoms with Crippen LogP contribution in [0.1, 0.15) is 317 Å². The van der Waals surface area contributed by atoms with Gasteiger partial charge in [-0.2, -0.15) is 16.8 Å². The standard InChI is InChI=1S/C38H52N6O5.C35H44N8O7S.C28H32N6O7S.O2S/c1-8-10-12-14-18-48-36(46)27-20-28(37(47)49-19-15-13-11-9-2)22-30(21-27)40-29-17-16-25(3)31(23-29)35(45)39-26(4)34-42-41-33-24-32(38(5,6)7)43-44(33)34;1-6-28(31-38-37-30-21-29(35(3,4)5)39-43(30)31)36-32(44)27-20-25(8-7-22(27)2)40-51(47)50-26-18-23(33(45)41-9-13-48-14-10-41)17-24(19-26)34(46)42-11-15-49-16-12-42;1-15-8-9-19(33-42(38)41-20-11-17(26(36)39-6)10-18(12-20)27(37)40-7)13-21(15)25(35)29-16(2)24-31-30-23-14-22(28(3,4)5)32-34(23)24;1-3-2/h16-17,20-24,26,40,43H,8-15,18-19H2,1-7H3,(H,39,45);7-8,17-21,28,39-40H,6,9-16H2,1-5H3,(H,36,44);8-14,16,32-33H,1-7H3,(H,29,35);. The summed E-state index contributed by atoms with van der Waals surface area (Å²) < 4.78 is 95.9. The summed E-state index contributed by atoms with van der Waals surface area (Å²) in [6.07, 6.45) is 8.42. The van der Waals surface area contributed by atoms with Crippen molar-refractivity contribution in [2.24, 2.45) is 0 Å². The Labute approximate surface area is 849 Å². The number of carbonyl (C=O) groups excluding carboxylic acids is 9. The van der Waals surface area contributed by atoms with Crippen molar-refractivity contribution in [3.8, 4) is 11.5 Å². The number of hydrogen-bond acceptors (Lipinski definition) is 28. The van der Waals surface area contributed by atoms with Crippen molar-refractivity contribution in [3.63, 3.8) is 0 Å². The molecule has 14 rings (SSSR count). The Bertz CT molecular complexity index is 6590. The lowest BCUT2D eigenvalue weighted by Gasteiger charge is -2.28. The number of carbonyl (C=O) groups is 9. The Morgan fingerprint density at radius 1 is 0.414 bits per heavy atom. The molecule has 145 heavy (non-hydrogen) atoms. The summed E-state index contributed by atoms with van der Waals surface area (Å²) >= 11 is -5.07. The lowest BCUT2D eigenvalue weighted by molar-refractivity contribution is 0.0297. The number of aryl methyl sites for hydroxylation is 3. The maximum atomic E-state index is 13.6. The number of H-pyrrole nitrogens is 3. The zero-order valence-corrected chi connectivity index (χ0v) is 87.5. The number of anilines is 4. The molecule has 776 valence electrons. The molecule has 2 saturated heterocycles. The van der Waals surface area contributed by atoms with Crippen LogP contribution in [0.3, 0.4) is 0 Å². The molecule has 0 spiro atoms. The minimum absolute atomic E-state index is 0.00902. The van der Waals surface area contributed by atoms with E-state index in [-0.39, 0.29) is 90.7 Å². The van der Waals surface area contributed by atoms with Gasteiger partial charge in [0.15, 0.2) is 34.4 Å². The number of aromatic amines is 3. The number of amides is 5. The summed E-state index contributed by atoms with van der Waals surface area (Å²) in [6, 6.07) is 32.9. The number of methoxy groups -OCH3 is 2. The second kappa shape index (κ2) is 50.7. The number of benzene rings is 6. The fourth-order valence-corrected chi connectivity index (χ4v) is 16.6. The van der Waals surface area contributed by atoms with Crippen molar-refractivity contribution in [2.75, 3.05) is 94.8 Å². The fourth-order valence-electron chi connectivity index (χ4n) is 15.4. The van der Waals surface area contributed by atoms with Crippen LogP contribution in [0.2, 0.25) is 0 Å². The molecular formula is C101H128N20O21S3. The van der Waals surface area contributed by atoms with Crippen LogP contribution >= 0.6 is 0 Å². The monoisotopic (exact) mass is 2050 g/mol. The van der Waals surface area contributed by atoms with Gasteiger partial charge in [-0.3, -0.25) is 48.7 Å². The average molecular weight is 2050 g/mol. The summed E-state index contributed by atoms with van der Waals surface area (Å²) in [6.45, 7) is 38.2. The third-order valence-electron chi connectivity index (χ3n) is 23.7. The van der Waals surface area contributed by atoms with E-state index in [4.69, 9.17) is 45.2 Å². The van der Waals surface area contributed by atoms with Gasteiger partial charge in [-0.1, -0.05) is 140 Å². The first-order chi connectivity index (χ1) is 69.0. The molecule has 0 saturated carbocycles. The highest BCUT2D eigenvalue weighted by Crippen LogP contribution is 2.33. The maximum Gasteiger partial charge on any atom is 0.338 e. The molecule has 9 N–H and O–H groups in total. The Kier molecular flexibility index (Phi) is 38.8. The molecule has 0 bridgehead atoms. The van der Waals surface area contributed by atoms with E-state index in [9.17, 15) is 51.6 Å². The first-order valence-corrected chi connectivity index (χ1v) is 50.6. The van der Waals surface area contributed by atoms with Crippen LogP contribution in [0.4, 0.5) is 22.7 Å². The van der Waals surface area contributed by atoms with Crippen molar-refractivity contribution >= 4 is 127 Å². The van der Waals surface area contributed by atoms with E-state index < -0.39 is 76.1 Å². The molecule has 0 radical (unpaired) electrons. The molecule has 8 heterocycles. The molecule has 12 aromatic rings. The molecule has 5 unspecified atom stereocenters. The first-order valence-electron chi connectivity index (χ1n) is 47.7. The Balaban J connectivity index is 0.000000205. The zero-order valence-electron chi connectivity index (χ0n) is 85.0. The Hall–Kier alpha value is -14.4. The van der Waals surface area contributed by atoms with E-state index in [1.807, 2.05) is 58.0 Å². The number of fused-ring (bicyclic) bond motifs is 3. The van der Waals surface area contributed by atoms with Crippen LogP contribution in [-0.4, -0.2) is 220 Å². The molecule has 2 aliphatic heterocycles. The van der Waals surface area contributed by atoms with Crippen molar-refractivity contribution in [2.45, 2.75) is 210 Å². The van der Waals surface area contributed by atoms with Gasteiger partial charge in [-0.25, -0.2) is 32.7 Å². The van der Waals surface area contributed by atoms with E-state index in [0.717, 1.165) is 74.0 Å². The highest BCUT2D eigenvalue weighted by molar-refractivity contribution is 7.82. The minimum Gasteiger partial charge on any atom is -0.465 e. The Morgan fingerprint density at radius 2 is 0.745 bits per heavy atom. The van der Waals surface area contributed by atoms with Gasteiger partial charge < -0.3 is 67.9 Å². The van der Waals surface area contributed by atoms with Crippen LogP contribution in [0.5, 0.6) is 11.5 Å². The summed E-state index contributed by atoms with van der Waals surface area (Å²) in [5.41, 5.74) is 10.8. The van der Waals surface area contributed by atoms with E-state index in [1.54, 1.807) is 85.7 Å². The van der Waals surface area contributed by atoms with Gasteiger partial charge in [0.2, 0.25) is 0 Å². The van der Waals surface area contributed by atoms with E-state index in [2.05, 4.69) is 153 Å². The average Bonchev–Trinajstić information content (AvgIpc) is 1.64. The highest BCUT2D eigenvalue weighted by atomic mass is 32.2. The number of nitrogens with zero attached hydrogens (tertiary/aromatic N) is 11. The number of nitrogens with one attached hydrogen (secondary N) is 9. The summed E-state index contributed by atoms with van der Waals surface area (Å²) in [7, 11) is 2.38. The van der Waals surface area contributed by atoms with Crippen LogP contribution in [0, 0.1) is 20.8 Å². The van der Waals surface area contributed by atoms with Gasteiger partial charge in [0.05, 0.1) is 106 Å². The number of esters is 4. The third-order valence-corrected chi connectivity index (χ3v) is 25.2. The molecule has 2 aliphatic rings. The topological polar surface area (TPSA) is 512 Å². The van der Waals surface area contributed by atoms with E-state index in [1.165, 1.54) is 62.8 Å². The molecule has 6 aromatic heterocycles. The molecule has 41 nitrogen and oxygen atoms in total. The lowest BCUT2D eigenvalue weighted by atomic mass is 9.93. The molecule has 5 atom stereocenters. The third kappa shape index (κ3) is 29.9. The van der Waals surface area contributed by atoms with E-state index >= 15 is 0 Å². The normalized spacial score (nSPS) is 13.7. The zero-order chi connectivity index (χ0) is 105. The number of aromatic nitrogens is 12. The number of hydrogen-bond donors (Lipinski definition) is 9. The molecular weight excluding hydrogens is 1930 g/mol. The Morgan fingerprint density at radius 3 is 1.10 bits per heavy atom. The molecule has 6 aromatic carbocycles. The van der Waals surface area contributed by atoms with Crippen LogP contribution in [0.15, 0.2) is 127 Å². The molecule has 5 amide bonds. The van der Waals surface area contributed by atoms with Gasteiger partial charge in [0.1, 0.15) is 11.5 Å². The predicted octanol–water partition coefficient (Wildman–Crippen LogP) is 15.1. The predicted molar refractivity (Wildman–Crippen MR) is 545 cm³/mol.